The summed E-state index contributed by atoms with van der Waals surface area (Å²) in [5.74, 6) is -7.52. The second-order valence-corrected chi connectivity index (χ2v) is 10.9. The van der Waals surface area contributed by atoms with Crippen LogP contribution in [0, 0.1) is 6.92 Å². The largest absolute Gasteiger partial charge is 0.481 e. The van der Waals surface area contributed by atoms with Gasteiger partial charge in [-0.05, 0) is 50.5 Å². The molecule has 0 aliphatic carbocycles. The molecule has 0 saturated carbocycles. The van der Waals surface area contributed by atoms with Gasteiger partial charge in [-0.3, -0.25) is 19.2 Å². The van der Waals surface area contributed by atoms with Gasteiger partial charge in [0.2, 0.25) is 11.8 Å². The third kappa shape index (κ3) is 11.6. The van der Waals surface area contributed by atoms with Gasteiger partial charge in [0.25, 0.3) is 5.91 Å². The number of nitrogens with two attached hydrogens (primary N) is 1. The quantitative estimate of drug-likeness (QED) is 0.0774. The Balaban J connectivity index is 1.49. The highest BCUT2D eigenvalue weighted by molar-refractivity contribution is 5.97. The van der Waals surface area contributed by atoms with Gasteiger partial charge >= 0.3 is 23.9 Å². The number of aliphatic carboxylic acids is 4. The minimum Gasteiger partial charge on any atom is -0.481 e. The van der Waals surface area contributed by atoms with Crippen molar-refractivity contribution in [2.45, 2.75) is 70.1 Å². The van der Waals surface area contributed by atoms with Crippen LogP contribution < -0.4 is 27.0 Å². The van der Waals surface area contributed by atoms with E-state index in [0.29, 0.717) is 28.4 Å². The van der Waals surface area contributed by atoms with Gasteiger partial charge < -0.3 is 47.4 Å². The van der Waals surface area contributed by atoms with Crippen LogP contribution in [-0.4, -0.2) is 100 Å². The molecule has 0 bridgehead atoms. The van der Waals surface area contributed by atoms with E-state index in [1.165, 1.54) is 18.3 Å². The highest BCUT2D eigenvalue weighted by atomic mass is 16.4. The summed E-state index contributed by atoms with van der Waals surface area (Å²) in [6.07, 6.45) is -1.24. The van der Waals surface area contributed by atoms with Gasteiger partial charge in [0.1, 0.15) is 23.9 Å². The van der Waals surface area contributed by atoms with E-state index in [-0.39, 0.29) is 17.9 Å². The Hall–Kier alpha value is -6.47. The van der Waals surface area contributed by atoms with E-state index in [0.717, 1.165) is 0 Å². The van der Waals surface area contributed by atoms with Crippen molar-refractivity contribution in [3.63, 3.8) is 0 Å². The molecular weight excluding hydrogens is 662 g/mol. The van der Waals surface area contributed by atoms with E-state index in [4.69, 9.17) is 15.9 Å². The molecule has 0 unspecified atom stereocenters. The van der Waals surface area contributed by atoms with E-state index >= 15 is 0 Å². The topological polar surface area (TPSA) is 326 Å². The van der Waals surface area contributed by atoms with Gasteiger partial charge in [-0.1, -0.05) is 0 Å². The molecule has 0 aliphatic heterocycles. The minimum atomic E-state index is -1.58. The van der Waals surface area contributed by atoms with Crippen LogP contribution in [0.15, 0.2) is 30.5 Å². The first-order valence-corrected chi connectivity index (χ1v) is 15.0. The molecule has 0 radical (unpaired) electrons. The van der Waals surface area contributed by atoms with Gasteiger partial charge in [-0.15, -0.1) is 0 Å². The van der Waals surface area contributed by atoms with Crippen LogP contribution in [0.5, 0.6) is 0 Å². The fourth-order valence-corrected chi connectivity index (χ4v) is 4.46. The Kier molecular flexibility index (Phi) is 13.4. The molecule has 0 spiro atoms. The third-order valence-electron chi connectivity index (χ3n) is 7.05. The predicted molar refractivity (Wildman–Crippen MR) is 171 cm³/mol. The first-order valence-electron chi connectivity index (χ1n) is 15.0. The highest BCUT2D eigenvalue weighted by Gasteiger charge is 2.26. The van der Waals surface area contributed by atoms with Gasteiger partial charge in [0.15, 0.2) is 17.0 Å². The van der Waals surface area contributed by atoms with Crippen molar-refractivity contribution in [3.05, 3.63) is 47.5 Å². The number of hydrogen-bond acceptors (Lipinski definition) is 13. The Morgan fingerprint density at radius 3 is 1.76 bits per heavy atom. The third-order valence-corrected chi connectivity index (χ3v) is 7.05. The molecule has 2 aromatic heterocycles. The van der Waals surface area contributed by atoms with E-state index in [2.05, 4.69) is 41.2 Å². The van der Waals surface area contributed by atoms with Crippen molar-refractivity contribution in [1.82, 2.24) is 35.9 Å². The number of benzene rings is 1. The maximum absolute atomic E-state index is 12.8. The Morgan fingerprint density at radius 1 is 0.720 bits per heavy atom. The fraction of sp³-hybridized carbons (Fsp3) is 0.367. The van der Waals surface area contributed by atoms with Gasteiger partial charge in [0.05, 0.1) is 18.4 Å². The summed E-state index contributed by atoms with van der Waals surface area (Å²) in [4.78, 5) is 99.7. The number of aryl methyl sites for hydroxylation is 1. The number of carboxylic acid groups (broad SMARTS) is 4. The second-order valence-electron chi connectivity index (χ2n) is 10.9. The van der Waals surface area contributed by atoms with Crippen molar-refractivity contribution < 1.29 is 54.0 Å². The molecular formula is C30H35N9O11. The Bertz CT molecular complexity index is 1770. The number of carbonyl (C=O) groups excluding carboxylic acids is 3. The number of aromatic nitrogens is 4. The Morgan fingerprint density at radius 2 is 1.24 bits per heavy atom. The molecule has 1 aromatic carbocycles. The van der Waals surface area contributed by atoms with E-state index < -0.39 is 98.2 Å². The molecule has 3 amide bonds. The molecule has 50 heavy (non-hydrogen) atoms. The molecule has 266 valence electrons. The van der Waals surface area contributed by atoms with Crippen LogP contribution in [0.1, 0.15) is 60.4 Å². The Labute approximate surface area is 282 Å². The molecule has 2 heterocycles. The molecule has 20 heteroatoms. The molecule has 3 rings (SSSR count). The van der Waals surface area contributed by atoms with Crippen molar-refractivity contribution in [1.29, 1.82) is 0 Å². The summed E-state index contributed by atoms with van der Waals surface area (Å²) in [6, 6.07) is 1.46. The summed E-state index contributed by atoms with van der Waals surface area (Å²) in [5.41, 5.74) is 7.91. The number of nitrogen functional groups attached to an aromatic ring is 1. The molecule has 0 aliphatic rings. The SMILES string of the molecule is Cc1nc(N)c2nc(CNc3ccc(C(=O)N[C@@H](CCC(=O)N[C@@H](CCC(=O)N[C@@H](CCC(=O)O)C(=O)O)C(=O)O)C(=O)O)cc3)cnc2n1. The molecule has 10 N–H and O–H groups in total. The van der Waals surface area contributed by atoms with Crippen LogP contribution in [0.4, 0.5) is 11.5 Å². The van der Waals surface area contributed by atoms with Gasteiger partial charge in [-0.25, -0.2) is 34.3 Å². The molecule has 0 saturated heterocycles. The molecule has 3 atom stereocenters. The maximum Gasteiger partial charge on any atom is 0.326 e. The maximum atomic E-state index is 12.8. The summed E-state index contributed by atoms with van der Waals surface area (Å²) >= 11 is 0. The lowest BCUT2D eigenvalue weighted by molar-refractivity contribution is -0.144. The lowest BCUT2D eigenvalue weighted by Crippen LogP contribution is -2.45. The van der Waals surface area contributed by atoms with Crippen molar-refractivity contribution in [2.24, 2.45) is 0 Å². The summed E-state index contributed by atoms with van der Waals surface area (Å²) in [6.45, 7) is 1.94. The highest BCUT2D eigenvalue weighted by Crippen LogP contribution is 2.16. The zero-order valence-electron chi connectivity index (χ0n) is 26.6. The average molecular weight is 698 g/mol. The van der Waals surface area contributed by atoms with E-state index in [1.54, 1.807) is 19.1 Å². The summed E-state index contributed by atoms with van der Waals surface area (Å²) < 4.78 is 0. The van der Waals surface area contributed by atoms with Crippen LogP contribution in [0.3, 0.4) is 0 Å². The monoisotopic (exact) mass is 697 g/mol. The van der Waals surface area contributed by atoms with Crippen LogP contribution in [0.25, 0.3) is 11.2 Å². The normalized spacial score (nSPS) is 12.6. The number of carboxylic acids is 4. The summed E-state index contributed by atoms with van der Waals surface area (Å²) in [5, 5.41) is 46.6. The van der Waals surface area contributed by atoms with Crippen molar-refractivity contribution in [3.8, 4) is 0 Å². The number of amides is 3. The molecule has 0 fully saturated rings. The lowest BCUT2D eigenvalue weighted by atomic mass is 10.1. The number of fused-ring (bicyclic) bond motifs is 1. The second kappa shape index (κ2) is 17.6. The summed E-state index contributed by atoms with van der Waals surface area (Å²) in [7, 11) is 0. The molecule has 3 aromatic rings. The minimum absolute atomic E-state index is 0.120. The number of rotatable bonds is 19. The smallest absolute Gasteiger partial charge is 0.326 e. The van der Waals surface area contributed by atoms with Crippen LogP contribution in [0.2, 0.25) is 0 Å². The van der Waals surface area contributed by atoms with Gasteiger partial charge in [-0.2, -0.15) is 0 Å². The standard InChI is InChI=1S/C30H35N9O11/c1-14-34-25(31)24-26(35-14)33-13-17(36-24)12-32-16-4-2-15(3-5-16)27(44)39-20(30(49)50)7-10-22(41)37-18(28(45)46)6-9-21(40)38-19(29(47)48)8-11-23(42)43/h2-5,13,18-20,32H,6-12H2,1H3,(H,37,41)(H,38,40)(H,39,44)(H,42,43)(H,45,46)(H,47,48)(H,49,50)(H2,31,33,34,35)/t18-,19-,20-/m0/s1. The number of anilines is 2. The number of nitrogens with zero attached hydrogens (tertiary/aromatic N) is 4. The zero-order chi connectivity index (χ0) is 37.0. The lowest BCUT2D eigenvalue weighted by Gasteiger charge is -2.18. The number of hydrogen-bond donors (Lipinski definition) is 9. The van der Waals surface area contributed by atoms with E-state index in [1.807, 2.05) is 0 Å². The molecule has 20 nitrogen and oxygen atoms in total. The van der Waals surface area contributed by atoms with Crippen molar-refractivity contribution in [2.75, 3.05) is 11.1 Å². The van der Waals surface area contributed by atoms with Crippen LogP contribution >= 0.6 is 0 Å². The zero-order valence-corrected chi connectivity index (χ0v) is 26.6. The predicted octanol–water partition coefficient (Wildman–Crippen LogP) is -0.330. The van der Waals surface area contributed by atoms with Crippen LogP contribution in [-0.2, 0) is 35.3 Å². The van der Waals surface area contributed by atoms with Crippen molar-refractivity contribution >= 4 is 64.3 Å². The first kappa shape index (κ1) is 38.0. The number of carbonyl (C=O) groups is 7. The first-order chi connectivity index (χ1) is 23.6. The number of nitrogens with one attached hydrogen (secondary N) is 4. The fourth-order valence-electron chi connectivity index (χ4n) is 4.46. The van der Waals surface area contributed by atoms with E-state index in [9.17, 15) is 43.8 Å². The average Bonchev–Trinajstić information content (AvgIpc) is 3.05. The van der Waals surface area contributed by atoms with Gasteiger partial charge in [0, 0.05) is 30.5 Å².